The summed E-state index contributed by atoms with van der Waals surface area (Å²) in [6.07, 6.45) is -4.20. The molecule has 1 N–H and O–H groups in total. The number of benzene rings is 1. The van der Waals surface area contributed by atoms with Gasteiger partial charge in [-0.05, 0) is 24.6 Å². The van der Waals surface area contributed by atoms with Crippen molar-refractivity contribution in [1.29, 1.82) is 5.26 Å². The van der Waals surface area contributed by atoms with E-state index in [4.69, 9.17) is 10.4 Å². The van der Waals surface area contributed by atoms with Gasteiger partial charge >= 0.3 is 6.18 Å². The molecule has 0 amide bonds. The second kappa shape index (κ2) is 7.09. The molecule has 0 saturated heterocycles. The van der Waals surface area contributed by atoms with Crippen LogP contribution in [0.5, 0.6) is 0 Å². The fourth-order valence-electron chi connectivity index (χ4n) is 1.87. The van der Waals surface area contributed by atoms with E-state index in [2.05, 4.69) is 0 Å². The molecule has 1 rings (SSSR count). The molecule has 0 fully saturated rings. The average molecular weight is 336 g/mol. The highest BCUT2D eigenvalue weighted by Crippen LogP contribution is 2.32. The minimum Gasteiger partial charge on any atom is -0.395 e. The molecule has 1 aromatic rings. The number of rotatable bonds is 6. The van der Waals surface area contributed by atoms with Gasteiger partial charge in [0.2, 0.25) is 10.0 Å². The maximum Gasteiger partial charge on any atom is 0.416 e. The van der Waals surface area contributed by atoms with Crippen LogP contribution in [0.15, 0.2) is 23.1 Å². The molecule has 0 unspecified atom stereocenters. The Hall–Kier alpha value is -1.63. The summed E-state index contributed by atoms with van der Waals surface area (Å²) < 4.78 is 63.7. The van der Waals surface area contributed by atoms with Crippen molar-refractivity contribution in [2.45, 2.75) is 24.4 Å². The highest BCUT2D eigenvalue weighted by molar-refractivity contribution is 7.89. The van der Waals surface area contributed by atoms with Crippen LogP contribution in [0.4, 0.5) is 13.2 Å². The fourth-order valence-corrected chi connectivity index (χ4v) is 3.52. The third kappa shape index (κ3) is 3.97. The minimum absolute atomic E-state index is 0.0920. The molecule has 0 aromatic heterocycles. The SMILES string of the molecule is CCCN(CCO)S(=O)(=O)c1ccc(C(F)(F)F)cc1C#N. The summed E-state index contributed by atoms with van der Waals surface area (Å²) in [5.74, 6) is 0. The maximum absolute atomic E-state index is 12.6. The number of sulfonamides is 1. The molecular formula is C13H15F3N2O3S. The van der Waals surface area contributed by atoms with Crippen molar-refractivity contribution in [1.82, 2.24) is 4.31 Å². The van der Waals surface area contributed by atoms with Crippen molar-refractivity contribution < 1.29 is 26.7 Å². The molecule has 122 valence electrons. The molecule has 0 aliphatic rings. The van der Waals surface area contributed by atoms with E-state index in [9.17, 15) is 21.6 Å². The summed E-state index contributed by atoms with van der Waals surface area (Å²) in [5.41, 5.74) is -1.67. The summed E-state index contributed by atoms with van der Waals surface area (Å²) in [5, 5.41) is 17.9. The third-order valence-electron chi connectivity index (χ3n) is 2.87. The van der Waals surface area contributed by atoms with Crippen LogP contribution in [-0.2, 0) is 16.2 Å². The number of alkyl halides is 3. The van der Waals surface area contributed by atoms with Gasteiger partial charge in [-0.3, -0.25) is 0 Å². The lowest BCUT2D eigenvalue weighted by Crippen LogP contribution is -2.34. The Balaban J connectivity index is 3.39. The first-order chi connectivity index (χ1) is 10.2. The predicted octanol–water partition coefficient (Wildman–Crippen LogP) is 1.97. The number of hydrogen-bond acceptors (Lipinski definition) is 4. The van der Waals surface area contributed by atoms with E-state index in [0.717, 1.165) is 10.4 Å². The molecule has 22 heavy (non-hydrogen) atoms. The van der Waals surface area contributed by atoms with E-state index >= 15 is 0 Å². The first kappa shape index (κ1) is 18.4. The van der Waals surface area contributed by atoms with E-state index in [-0.39, 0.29) is 13.1 Å². The number of nitrogens with zero attached hydrogens (tertiary/aromatic N) is 2. The van der Waals surface area contributed by atoms with Crippen molar-refractivity contribution >= 4 is 10.0 Å². The Labute approximate surface area is 126 Å². The largest absolute Gasteiger partial charge is 0.416 e. The molecule has 0 spiro atoms. The minimum atomic E-state index is -4.66. The van der Waals surface area contributed by atoms with Gasteiger partial charge in [0.25, 0.3) is 0 Å². The van der Waals surface area contributed by atoms with Crippen LogP contribution in [0.2, 0.25) is 0 Å². The standard InChI is InChI=1S/C13H15F3N2O3S/c1-2-5-18(6-7-19)22(20,21)12-4-3-11(13(14,15)16)8-10(12)9-17/h3-4,8,19H,2,5-7H2,1H3. The summed E-state index contributed by atoms with van der Waals surface area (Å²) in [7, 11) is -4.15. The monoisotopic (exact) mass is 336 g/mol. The number of nitriles is 1. The first-order valence-electron chi connectivity index (χ1n) is 6.40. The Morgan fingerprint density at radius 2 is 1.95 bits per heavy atom. The lowest BCUT2D eigenvalue weighted by atomic mass is 10.1. The molecule has 0 aliphatic heterocycles. The van der Waals surface area contributed by atoms with Crippen molar-refractivity contribution in [3.8, 4) is 6.07 Å². The van der Waals surface area contributed by atoms with Crippen molar-refractivity contribution in [2.75, 3.05) is 19.7 Å². The molecule has 9 heteroatoms. The summed E-state index contributed by atoms with van der Waals surface area (Å²) in [6, 6.07) is 3.39. The molecular weight excluding hydrogens is 321 g/mol. The molecule has 0 bridgehead atoms. The third-order valence-corrected chi connectivity index (χ3v) is 4.82. The van der Waals surface area contributed by atoms with Gasteiger partial charge in [-0.2, -0.15) is 22.7 Å². The number of aliphatic hydroxyl groups is 1. The van der Waals surface area contributed by atoms with E-state index in [1.807, 2.05) is 0 Å². The molecule has 0 radical (unpaired) electrons. The van der Waals surface area contributed by atoms with E-state index < -0.39 is 38.8 Å². The van der Waals surface area contributed by atoms with Crippen LogP contribution in [-0.4, -0.2) is 37.5 Å². The van der Waals surface area contributed by atoms with Gasteiger partial charge in [0.05, 0.1) is 22.6 Å². The summed E-state index contributed by atoms with van der Waals surface area (Å²) >= 11 is 0. The Morgan fingerprint density at radius 3 is 2.41 bits per heavy atom. The Bertz CT molecular complexity index is 660. The van der Waals surface area contributed by atoms with Gasteiger partial charge in [0.15, 0.2) is 0 Å². The molecule has 0 atom stereocenters. The maximum atomic E-state index is 12.6. The second-order valence-electron chi connectivity index (χ2n) is 4.45. The zero-order valence-electron chi connectivity index (χ0n) is 11.8. The van der Waals surface area contributed by atoms with E-state index in [1.165, 1.54) is 6.07 Å². The van der Waals surface area contributed by atoms with Crippen LogP contribution in [0.1, 0.15) is 24.5 Å². The lowest BCUT2D eigenvalue weighted by Gasteiger charge is -2.21. The highest BCUT2D eigenvalue weighted by Gasteiger charge is 2.33. The average Bonchev–Trinajstić information content (AvgIpc) is 2.45. The van der Waals surface area contributed by atoms with Crippen molar-refractivity contribution in [3.05, 3.63) is 29.3 Å². The first-order valence-corrected chi connectivity index (χ1v) is 7.84. The Morgan fingerprint density at radius 1 is 1.32 bits per heavy atom. The van der Waals surface area contributed by atoms with Gasteiger partial charge in [-0.15, -0.1) is 0 Å². The normalized spacial score (nSPS) is 12.4. The molecule has 0 saturated carbocycles. The molecule has 0 aliphatic carbocycles. The zero-order chi connectivity index (χ0) is 17.0. The van der Waals surface area contributed by atoms with Crippen LogP contribution in [0.3, 0.4) is 0 Å². The fraction of sp³-hybridized carbons (Fsp3) is 0.462. The topological polar surface area (TPSA) is 81.4 Å². The van der Waals surface area contributed by atoms with Crippen molar-refractivity contribution in [2.24, 2.45) is 0 Å². The van der Waals surface area contributed by atoms with Crippen LogP contribution in [0.25, 0.3) is 0 Å². The lowest BCUT2D eigenvalue weighted by molar-refractivity contribution is -0.137. The highest BCUT2D eigenvalue weighted by atomic mass is 32.2. The second-order valence-corrected chi connectivity index (χ2v) is 6.35. The van der Waals surface area contributed by atoms with Gasteiger partial charge < -0.3 is 5.11 Å². The summed E-state index contributed by atoms with van der Waals surface area (Å²) in [4.78, 5) is -0.495. The molecule has 5 nitrogen and oxygen atoms in total. The summed E-state index contributed by atoms with van der Waals surface area (Å²) in [6.45, 7) is 1.19. The molecule has 1 aromatic carbocycles. The molecule has 0 heterocycles. The predicted molar refractivity (Wildman–Crippen MR) is 72.3 cm³/mol. The van der Waals surface area contributed by atoms with Crippen molar-refractivity contribution in [3.63, 3.8) is 0 Å². The van der Waals surface area contributed by atoms with Gasteiger partial charge in [0.1, 0.15) is 6.07 Å². The quantitative estimate of drug-likeness (QED) is 0.861. The number of aliphatic hydroxyl groups excluding tert-OH is 1. The van der Waals surface area contributed by atoms with Crippen LogP contribution >= 0.6 is 0 Å². The number of hydrogen-bond donors (Lipinski definition) is 1. The van der Waals surface area contributed by atoms with Gasteiger partial charge in [-0.1, -0.05) is 6.92 Å². The van der Waals surface area contributed by atoms with Gasteiger partial charge in [0, 0.05) is 13.1 Å². The number of halogens is 3. The zero-order valence-corrected chi connectivity index (χ0v) is 12.6. The van der Waals surface area contributed by atoms with Gasteiger partial charge in [-0.25, -0.2) is 8.42 Å². The smallest absolute Gasteiger partial charge is 0.395 e. The van der Waals surface area contributed by atoms with Crippen LogP contribution in [0, 0.1) is 11.3 Å². The van der Waals surface area contributed by atoms with E-state index in [1.54, 1.807) is 6.92 Å². The van der Waals surface area contributed by atoms with Crippen LogP contribution < -0.4 is 0 Å². The van der Waals surface area contributed by atoms with E-state index in [0.29, 0.717) is 18.6 Å². The Kier molecular flexibility index (Phi) is 5.93.